The van der Waals surface area contributed by atoms with Crippen LogP contribution in [0, 0.1) is 0 Å². The van der Waals surface area contributed by atoms with Gasteiger partial charge in [-0.3, -0.25) is 9.69 Å². The zero-order chi connectivity index (χ0) is 24.6. The number of carbonyl (C=O) groups is 1. The first kappa shape index (κ1) is 24.8. The van der Waals surface area contributed by atoms with Crippen molar-refractivity contribution < 1.29 is 23.4 Å². The number of benzene rings is 1. The Morgan fingerprint density at radius 2 is 1.83 bits per heavy atom. The van der Waals surface area contributed by atoms with E-state index >= 15 is 0 Å². The monoisotopic (exact) mass is 480 g/mol. The van der Waals surface area contributed by atoms with E-state index in [4.69, 9.17) is 18.6 Å². The number of furan rings is 1. The minimum atomic E-state index is -0.490. The van der Waals surface area contributed by atoms with E-state index in [1.54, 1.807) is 11.7 Å². The second kappa shape index (κ2) is 11.9. The molecule has 1 aliphatic rings. The Balaban J connectivity index is 1.48. The number of fused-ring (bicyclic) bond motifs is 1. The lowest BCUT2D eigenvalue weighted by Gasteiger charge is -2.17. The maximum absolute atomic E-state index is 13.0. The van der Waals surface area contributed by atoms with Crippen LogP contribution in [-0.2, 0) is 42.0 Å². The van der Waals surface area contributed by atoms with Crippen molar-refractivity contribution in [3.63, 3.8) is 0 Å². The van der Waals surface area contributed by atoms with E-state index in [1.165, 1.54) is 18.7 Å². The fraction of sp³-hybridized carbons (Fsp3) is 0.407. The van der Waals surface area contributed by atoms with E-state index in [1.807, 2.05) is 30.3 Å². The zero-order valence-electron chi connectivity index (χ0n) is 20.3. The van der Waals surface area contributed by atoms with E-state index in [0.29, 0.717) is 62.8 Å². The molecule has 0 unspecified atom stereocenters. The summed E-state index contributed by atoms with van der Waals surface area (Å²) in [4.78, 5) is 27.9. The number of esters is 1. The lowest BCUT2D eigenvalue weighted by atomic mass is 10.1. The van der Waals surface area contributed by atoms with Crippen molar-refractivity contribution >= 4 is 5.97 Å². The van der Waals surface area contributed by atoms with Gasteiger partial charge in [0.2, 0.25) is 0 Å². The molecule has 8 nitrogen and oxygen atoms in total. The van der Waals surface area contributed by atoms with Crippen LogP contribution in [0.1, 0.15) is 39.6 Å². The van der Waals surface area contributed by atoms with Gasteiger partial charge in [0.05, 0.1) is 20.3 Å². The largest absolute Gasteiger partial charge is 0.492 e. The van der Waals surface area contributed by atoms with Crippen LogP contribution in [0.2, 0.25) is 0 Å². The number of aryl methyl sites for hydroxylation is 1. The molecule has 35 heavy (non-hydrogen) atoms. The minimum Gasteiger partial charge on any atom is -0.492 e. The van der Waals surface area contributed by atoms with Crippen LogP contribution in [0.15, 0.2) is 57.7 Å². The van der Waals surface area contributed by atoms with E-state index in [-0.39, 0.29) is 5.56 Å². The highest BCUT2D eigenvalue weighted by Gasteiger charge is 2.26. The highest BCUT2D eigenvalue weighted by molar-refractivity contribution is 5.93. The summed E-state index contributed by atoms with van der Waals surface area (Å²) in [6.07, 6.45) is 2.14. The van der Waals surface area contributed by atoms with E-state index < -0.39 is 5.97 Å². The van der Waals surface area contributed by atoms with Gasteiger partial charge in [-0.2, -0.15) is 0 Å². The van der Waals surface area contributed by atoms with Gasteiger partial charge in [0.1, 0.15) is 29.4 Å². The normalized spacial score (nSPS) is 13.8. The summed E-state index contributed by atoms with van der Waals surface area (Å²) in [5.41, 5.74) is 2.05. The fourth-order valence-corrected chi connectivity index (χ4v) is 4.44. The van der Waals surface area contributed by atoms with Crippen molar-refractivity contribution in [1.29, 1.82) is 0 Å². The molecule has 186 valence electrons. The summed E-state index contributed by atoms with van der Waals surface area (Å²) in [6, 6.07) is 15.4. The first-order valence-electron chi connectivity index (χ1n) is 11.9. The number of nitrogens with zero attached hydrogens (tertiary/aromatic N) is 2. The third kappa shape index (κ3) is 6.21. The molecule has 4 rings (SSSR count). The van der Waals surface area contributed by atoms with Gasteiger partial charge in [-0.25, -0.2) is 4.79 Å². The molecule has 3 aromatic rings. The predicted molar refractivity (Wildman–Crippen MR) is 131 cm³/mol. The maximum Gasteiger partial charge on any atom is 0.343 e. The van der Waals surface area contributed by atoms with Crippen LogP contribution >= 0.6 is 0 Å². The molecule has 0 saturated carbocycles. The summed E-state index contributed by atoms with van der Waals surface area (Å²) < 4.78 is 23.6. The Morgan fingerprint density at radius 3 is 2.60 bits per heavy atom. The van der Waals surface area contributed by atoms with Gasteiger partial charge in [-0.15, -0.1) is 0 Å². The minimum absolute atomic E-state index is 0.173. The van der Waals surface area contributed by atoms with Crippen molar-refractivity contribution in [3.8, 4) is 5.75 Å². The van der Waals surface area contributed by atoms with Gasteiger partial charge in [0.25, 0.3) is 5.56 Å². The zero-order valence-corrected chi connectivity index (χ0v) is 20.3. The molecule has 2 aromatic heterocycles. The number of pyridine rings is 1. The van der Waals surface area contributed by atoms with Crippen molar-refractivity contribution in [3.05, 3.63) is 87.2 Å². The summed E-state index contributed by atoms with van der Waals surface area (Å²) in [6.45, 7) is 3.24. The number of methoxy groups -OCH3 is 2. The molecule has 0 fully saturated rings. The van der Waals surface area contributed by atoms with Gasteiger partial charge >= 0.3 is 5.97 Å². The number of carbonyl (C=O) groups excluding carboxylic acids is 1. The molecule has 3 heterocycles. The number of hydrogen-bond acceptors (Lipinski definition) is 7. The molecule has 0 spiro atoms. The molecular formula is C27H32N2O6. The quantitative estimate of drug-likeness (QED) is 0.325. The molecular weight excluding hydrogens is 448 g/mol. The first-order valence-corrected chi connectivity index (χ1v) is 11.9. The van der Waals surface area contributed by atoms with Gasteiger partial charge in [-0.05, 0) is 30.5 Å². The maximum atomic E-state index is 13.0. The highest BCUT2D eigenvalue weighted by Crippen LogP contribution is 2.25. The molecule has 0 N–H and O–H groups in total. The van der Waals surface area contributed by atoms with Crippen LogP contribution in [0.4, 0.5) is 0 Å². The van der Waals surface area contributed by atoms with E-state index in [0.717, 1.165) is 24.4 Å². The van der Waals surface area contributed by atoms with Gasteiger partial charge in [0.15, 0.2) is 0 Å². The first-order chi connectivity index (χ1) is 17.1. The molecule has 0 aliphatic carbocycles. The van der Waals surface area contributed by atoms with Gasteiger partial charge in [-0.1, -0.05) is 30.3 Å². The molecule has 0 radical (unpaired) electrons. The highest BCUT2D eigenvalue weighted by atomic mass is 16.5. The van der Waals surface area contributed by atoms with E-state index in [9.17, 15) is 9.59 Å². The summed E-state index contributed by atoms with van der Waals surface area (Å²) in [5, 5.41) is 0. The van der Waals surface area contributed by atoms with E-state index in [2.05, 4.69) is 17.0 Å². The van der Waals surface area contributed by atoms with Crippen LogP contribution in [-0.4, -0.2) is 49.4 Å². The van der Waals surface area contributed by atoms with Crippen LogP contribution < -0.4 is 10.3 Å². The Kier molecular flexibility index (Phi) is 8.39. The Hall–Kier alpha value is -3.36. The summed E-state index contributed by atoms with van der Waals surface area (Å²) >= 11 is 0. The molecule has 1 aromatic carbocycles. The molecule has 0 saturated heterocycles. The van der Waals surface area contributed by atoms with Gasteiger partial charge in [0, 0.05) is 44.9 Å². The number of hydrogen-bond donors (Lipinski definition) is 0. The van der Waals surface area contributed by atoms with Crippen LogP contribution in [0.25, 0.3) is 0 Å². The summed E-state index contributed by atoms with van der Waals surface area (Å²) in [7, 11) is 2.98. The second-order valence-corrected chi connectivity index (χ2v) is 8.58. The molecule has 0 amide bonds. The average Bonchev–Trinajstić information content (AvgIpc) is 3.20. The molecule has 0 atom stereocenters. The average molecular weight is 481 g/mol. The Bertz CT molecular complexity index is 1180. The van der Waals surface area contributed by atoms with Crippen LogP contribution in [0.3, 0.4) is 0 Å². The standard InChI is InChI=1S/C27H32N2O6/c1-32-19-22-11-10-21(35-22)18-28-13-12-23-26(27(31)33-2)24(17-25(30)29(23)15-14-28)34-16-6-9-20-7-4-3-5-8-20/h3-5,7-8,10-11,17H,6,9,12-16,18-19H2,1-2H3. The van der Waals surface area contributed by atoms with Crippen LogP contribution in [0.5, 0.6) is 5.75 Å². The third-order valence-electron chi connectivity index (χ3n) is 6.17. The second-order valence-electron chi connectivity index (χ2n) is 8.58. The van der Waals surface area contributed by atoms with Gasteiger partial charge < -0.3 is 23.2 Å². The molecule has 1 aliphatic heterocycles. The number of ether oxygens (including phenoxy) is 3. The van der Waals surface area contributed by atoms with Crippen molar-refractivity contribution in [2.45, 2.75) is 39.0 Å². The Labute approximate surface area is 205 Å². The third-order valence-corrected chi connectivity index (χ3v) is 6.17. The number of aromatic nitrogens is 1. The SMILES string of the molecule is COCc1ccc(CN2CCc3c(C(=O)OC)c(OCCCc4ccccc4)cc(=O)n3CC2)o1. The van der Waals surface area contributed by atoms with Crippen molar-refractivity contribution in [2.75, 3.05) is 33.9 Å². The summed E-state index contributed by atoms with van der Waals surface area (Å²) in [5.74, 6) is 1.42. The molecule has 0 bridgehead atoms. The van der Waals surface area contributed by atoms with Crippen molar-refractivity contribution in [2.24, 2.45) is 0 Å². The Morgan fingerprint density at radius 1 is 1.03 bits per heavy atom. The molecule has 8 heteroatoms. The predicted octanol–water partition coefficient (Wildman–Crippen LogP) is 3.44. The number of rotatable bonds is 10. The van der Waals surface area contributed by atoms with Crippen molar-refractivity contribution in [1.82, 2.24) is 9.47 Å². The topological polar surface area (TPSA) is 83.1 Å². The lowest BCUT2D eigenvalue weighted by Crippen LogP contribution is -2.29. The smallest absolute Gasteiger partial charge is 0.343 e. The fourth-order valence-electron chi connectivity index (χ4n) is 4.44. The lowest BCUT2D eigenvalue weighted by molar-refractivity contribution is 0.0593.